The summed E-state index contributed by atoms with van der Waals surface area (Å²) in [6.07, 6.45) is 1.77. The maximum Gasteiger partial charge on any atom is 0.125 e. The van der Waals surface area contributed by atoms with Crippen molar-refractivity contribution >= 4 is 22.8 Å². The van der Waals surface area contributed by atoms with E-state index in [0.29, 0.717) is 0 Å². The number of rotatable bonds is 4. The lowest BCUT2D eigenvalue weighted by molar-refractivity contribution is 0.409. The quantitative estimate of drug-likeness (QED) is 0.745. The van der Waals surface area contributed by atoms with Crippen LogP contribution in [0.1, 0.15) is 11.4 Å². The van der Waals surface area contributed by atoms with Gasteiger partial charge < -0.3 is 9.72 Å². The summed E-state index contributed by atoms with van der Waals surface area (Å²) in [6.45, 7) is 2.02. The van der Waals surface area contributed by atoms with Gasteiger partial charge in [-0.2, -0.15) is 0 Å². The molecule has 0 radical (unpaired) electrons. The summed E-state index contributed by atoms with van der Waals surface area (Å²) in [5.41, 5.74) is 3.13. The molecule has 0 aliphatic rings. The molecule has 0 fully saturated rings. The SMILES string of the molecule is COc1ccnc(SCc2nc3ccccc3[nH]2)c1C. The lowest BCUT2D eigenvalue weighted by atomic mass is 10.3. The van der Waals surface area contributed by atoms with Crippen molar-refractivity contribution in [3.63, 3.8) is 0 Å². The highest BCUT2D eigenvalue weighted by atomic mass is 32.2. The minimum atomic E-state index is 0.760. The van der Waals surface area contributed by atoms with Crippen LogP contribution in [0.2, 0.25) is 0 Å². The third kappa shape index (κ3) is 2.49. The molecule has 0 spiro atoms. The molecule has 2 heterocycles. The van der Waals surface area contributed by atoms with Crippen molar-refractivity contribution in [2.75, 3.05) is 7.11 Å². The molecule has 4 nitrogen and oxygen atoms in total. The fourth-order valence-corrected chi connectivity index (χ4v) is 2.94. The van der Waals surface area contributed by atoms with Crippen LogP contribution in [0, 0.1) is 6.92 Å². The Balaban J connectivity index is 1.79. The van der Waals surface area contributed by atoms with E-state index in [0.717, 1.165) is 38.9 Å². The zero-order valence-corrected chi connectivity index (χ0v) is 12.2. The number of thioether (sulfide) groups is 1. The van der Waals surface area contributed by atoms with Crippen molar-refractivity contribution in [2.45, 2.75) is 17.7 Å². The molecule has 0 unspecified atom stereocenters. The number of pyridine rings is 1. The smallest absolute Gasteiger partial charge is 0.125 e. The monoisotopic (exact) mass is 285 g/mol. The topological polar surface area (TPSA) is 50.8 Å². The van der Waals surface area contributed by atoms with Gasteiger partial charge in [0.2, 0.25) is 0 Å². The number of aromatic nitrogens is 3. The summed E-state index contributed by atoms with van der Waals surface area (Å²) in [4.78, 5) is 12.3. The fraction of sp³-hybridized carbons (Fsp3) is 0.200. The average Bonchev–Trinajstić information content (AvgIpc) is 2.89. The highest BCUT2D eigenvalue weighted by Crippen LogP contribution is 2.29. The minimum Gasteiger partial charge on any atom is -0.496 e. The molecule has 0 bridgehead atoms. The molecule has 0 saturated carbocycles. The summed E-state index contributed by atoms with van der Waals surface area (Å²) in [7, 11) is 1.68. The second kappa shape index (κ2) is 5.54. The molecule has 0 aliphatic carbocycles. The maximum absolute atomic E-state index is 5.31. The van der Waals surface area contributed by atoms with E-state index in [2.05, 4.69) is 15.0 Å². The molecule has 2 aromatic heterocycles. The molecule has 3 aromatic rings. The highest BCUT2D eigenvalue weighted by Gasteiger charge is 2.08. The molecule has 0 amide bonds. The van der Waals surface area contributed by atoms with Crippen molar-refractivity contribution in [1.82, 2.24) is 15.0 Å². The van der Waals surface area contributed by atoms with E-state index in [1.54, 1.807) is 25.1 Å². The normalized spacial score (nSPS) is 10.9. The molecule has 1 N–H and O–H groups in total. The van der Waals surface area contributed by atoms with Crippen molar-refractivity contribution in [2.24, 2.45) is 0 Å². The van der Waals surface area contributed by atoms with E-state index >= 15 is 0 Å². The first-order valence-electron chi connectivity index (χ1n) is 6.34. The van der Waals surface area contributed by atoms with Crippen LogP contribution in [-0.4, -0.2) is 22.1 Å². The maximum atomic E-state index is 5.31. The van der Waals surface area contributed by atoms with Gasteiger partial charge in [-0.15, -0.1) is 0 Å². The van der Waals surface area contributed by atoms with Gasteiger partial charge in [0.05, 0.1) is 23.9 Å². The van der Waals surface area contributed by atoms with Gasteiger partial charge in [-0.25, -0.2) is 9.97 Å². The summed E-state index contributed by atoms with van der Waals surface area (Å²) < 4.78 is 5.31. The first kappa shape index (κ1) is 13.0. The highest BCUT2D eigenvalue weighted by molar-refractivity contribution is 7.98. The van der Waals surface area contributed by atoms with Gasteiger partial charge in [-0.1, -0.05) is 23.9 Å². The lowest BCUT2D eigenvalue weighted by Gasteiger charge is -2.07. The van der Waals surface area contributed by atoms with Crippen molar-refractivity contribution in [3.8, 4) is 5.75 Å². The predicted molar refractivity (Wildman–Crippen MR) is 81.2 cm³/mol. The second-order valence-electron chi connectivity index (χ2n) is 4.43. The van der Waals surface area contributed by atoms with E-state index in [-0.39, 0.29) is 0 Å². The predicted octanol–water partition coefficient (Wildman–Crippen LogP) is 3.57. The van der Waals surface area contributed by atoms with Crippen LogP contribution in [0.25, 0.3) is 11.0 Å². The molecule has 1 aromatic carbocycles. The molecule has 0 atom stereocenters. The number of hydrogen-bond donors (Lipinski definition) is 1. The van der Waals surface area contributed by atoms with Gasteiger partial charge in [-0.3, -0.25) is 0 Å². The number of methoxy groups -OCH3 is 1. The number of aromatic amines is 1. The van der Waals surface area contributed by atoms with Gasteiger partial charge in [0.1, 0.15) is 16.6 Å². The molecular weight excluding hydrogens is 270 g/mol. The Labute approximate surface area is 121 Å². The standard InChI is InChI=1S/C15H15N3OS/c1-10-13(19-2)7-8-16-15(10)20-9-14-17-11-5-3-4-6-12(11)18-14/h3-8H,9H2,1-2H3,(H,17,18). The van der Waals surface area contributed by atoms with Crippen LogP contribution >= 0.6 is 11.8 Å². The summed E-state index contributed by atoms with van der Waals surface area (Å²) >= 11 is 1.66. The van der Waals surface area contributed by atoms with E-state index in [1.165, 1.54) is 0 Å². The Morgan fingerprint density at radius 3 is 2.90 bits per heavy atom. The molecule has 102 valence electrons. The van der Waals surface area contributed by atoms with Crippen LogP contribution in [0.3, 0.4) is 0 Å². The van der Waals surface area contributed by atoms with E-state index in [4.69, 9.17) is 4.74 Å². The number of nitrogens with zero attached hydrogens (tertiary/aromatic N) is 2. The Hall–Kier alpha value is -2.01. The van der Waals surface area contributed by atoms with Crippen molar-refractivity contribution < 1.29 is 4.74 Å². The Bertz CT molecular complexity index is 706. The molecule has 5 heteroatoms. The molecule has 0 aliphatic heterocycles. The average molecular weight is 285 g/mol. The van der Waals surface area contributed by atoms with Crippen LogP contribution in [0.5, 0.6) is 5.75 Å². The number of fused-ring (bicyclic) bond motifs is 1. The number of para-hydroxylation sites is 2. The second-order valence-corrected chi connectivity index (χ2v) is 5.40. The van der Waals surface area contributed by atoms with E-state index < -0.39 is 0 Å². The Kier molecular flexibility index (Phi) is 3.60. The molecule has 3 rings (SSSR count). The first-order chi connectivity index (χ1) is 9.78. The number of H-pyrrole nitrogens is 1. The van der Waals surface area contributed by atoms with Crippen LogP contribution in [-0.2, 0) is 5.75 Å². The summed E-state index contributed by atoms with van der Waals surface area (Å²) in [5.74, 6) is 2.59. The van der Waals surface area contributed by atoms with Crippen LogP contribution in [0.15, 0.2) is 41.6 Å². The largest absolute Gasteiger partial charge is 0.496 e. The Morgan fingerprint density at radius 1 is 1.25 bits per heavy atom. The first-order valence-corrected chi connectivity index (χ1v) is 7.32. The van der Waals surface area contributed by atoms with Gasteiger partial charge in [-0.05, 0) is 25.1 Å². The van der Waals surface area contributed by atoms with Gasteiger partial charge in [0.15, 0.2) is 0 Å². The van der Waals surface area contributed by atoms with Gasteiger partial charge in [0, 0.05) is 11.8 Å². The third-order valence-electron chi connectivity index (χ3n) is 3.11. The van der Waals surface area contributed by atoms with Crippen molar-refractivity contribution in [1.29, 1.82) is 0 Å². The number of ether oxygens (including phenoxy) is 1. The molecule has 20 heavy (non-hydrogen) atoms. The van der Waals surface area contributed by atoms with Crippen molar-refractivity contribution in [3.05, 3.63) is 47.9 Å². The number of hydrogen-bond acceptors (Lipinski definition) is 4. The third-order valence-corrected chi connectivity index (χ3v) is 4.21. The van der Waals surface area contributed by atoms with Crippen LogP contribution in [0.4, 0.5) is 0 Å². The molecular formula is C15H15N3OS. The zero-order valence-electron chi connectivity index (χ0n) is 11.4. The number of nitrogens with one attached hydrogen (secondary N) is 1. The number of benzene rings is 1. The van der Waals surface area contributed by atoms with Gasteiger partial charge >= 0.3 is 0 Å². The lowest BCUT2D eigenvalue weighted by Crippen LogP contribution is -1.92. The van der Waals surface area contributed by atoms with E-state index in [1.807, 2.05) is 37.3 Å². The summed E-state index contributed by atoms with van der Waals surface area (Å²) in [5, 5.41) is 0.977. The fourth-order valence-electron chi connectivity index (χ4n) is 2.08. The Morgan fingerprint density at radius 2 is 2.10 bits per heavy atom. The summed E-state index contributed by atoms with van der Waals surface area (Å²) in [6, 6.07) is 9.92. The van der Waals surface area contributed by atoms with Gasteiger partial charge in [0.25, 0.3) is 0 Å². The zero-order chi connectivity index (χ0) is 13.9. The minimum absolute atomic E-state index is 0.760. The van der Waals surface area contributed by atoms with Crippen LogP contribution < -0.4 is 4.74 Å². The number of imidazole rings is 1. The molecule has 0 saturated heterocycles. The van der Waals surface area contributed by atoms with E-state index in [9.17, 15) is 0 Å².